The highest BCUT2D eigenvalue weighted by atomic mass is 79.9. The number of nitrogens with zero attached hydrogens (tertiary/aromatic N) is 1. The predicted octanol–water partition coefficient (Wildman–Crippen LogP) is 5.03. The van der Waals surface area contributed by atoms with Crippen molar-refractivity contribution in [2.75, 3.05) is 10.6 Å². The number of nitrogens with one attached hydrogen (secondary N) is 2. The third-order valence-corrected chi connectivity index (χ3v) is 6.37. The average molecular weight is 470 g/mol. The van der Waals surface area contributed by atoms with E-state index >= 15 is 0 Å². The molecule has 0 radical (unpaired) electrons. The first-order valence-electron chi connectivity index (χ1n) is 9.44. The Kier molecular flexibility index (Phi) is 6.06. The summed E-state index contributed by atoms with van der Waals surface area (Å²) in [5.41, 5.74) is 3.19. The van der Waals surface area contributed by atoms with Gasteiger partial charge in [0.15, 0.2) is 5.13 Å². The summed E-state index contributed by atoms with van der Waals surface area (Å²) in [6, 6.07) is 16.0. The van der Waals surface area contributed by atoms with Gasteiger partial charge in [-0.05, 0) is 42.2 Å². The van der Waals surface area contributed by atoms with Crippen molar-refractivity contribution in [3.63, 3.8) is 0 Å². The lowest BCUT2D eigenvalue weighted by Gasteiger charge is -2.24. The summed E-state index contributed by atoms with van der Waals surface area (Å²) >= 11 is 4.91. The topological polar surface area (TPSA) is 71.1 Å². The van der Waals surface area contributed by atoms with Crippen LogP contribution in [0.15, 0.2) is 59.2 Å². The number of rotatable bonds is 6. The molecule has 7 heteroatoms. The number of hydrogen-bond acceptors (Lipinski definition) is 4. The van der Waals surface area contributed by atoms with Crippen LogP contribution in [0.4, 0.5) is 10.8 Å². The van der Waals surface area contributed by atoms with Crippen molar-refractivity contribution in [1.82, 2.24) is 4.98 Å². The lowest BCUT2D eigenvalue weighted by atomic mass is 9.89. The molecule has 2 amide bonds. The molecule has 2 heterocycles. The van der Waals surface area contributed by atoms with Gasteiger partial charge < -0.3 is 10.6 Å². The van der Waals surface area contributed by atoms with Gasteiger partial charge in [-0.1, -0.05) is 46.3 Å². The smallest absolute Gasteiger partial charge is 0.227 e. The van der Waals surface area contributed by atoms with E-state index in [1.807, 2.05) is 36.4 Å². The van der Waals surface area contributed by atoms with Gasteiger partial charge in [0, 0.05) is 40.0 Å². The van der Waals surface area contributed by atoms with Crippen LogP contribution >= 0.6 is 27.3 Å². The molecule has 148 valence electrons. The second-order valence-corrected chi connectivity index (χ2v) is 9.10. The average Bonchev–Trinajstić information content (AvgIpc) is 3.14. The molecular weight excluding hydrogens is 450 g/mol. The van der Waals surface area contributed by atoms with Crippen LogP contribution in [0.3, 0.4) is 0 Å². The summed E-state index contributed by atoms with van der Waals surface area (Å²) in [6.45, 7) is 0. The number of anilines is 2. The second-order valence-electron chi connectivity index (χ2n) is 7.07. The molecule has 1 aromatic heterocycles. The third-order valence-electron chi connectivity index (χ3n) is 4.92. The lowest BCUT2D eigenvalue weighted by molar-refractivity contribution is -0.121. The Labute approximate surface area is 181 Å². The largest absolute Gasteiger partial charge is 0.326 e. The molecule has 0 saturated carbocycles. The van der Waals surface area contributed by atoms with Crippen molar-refractivity contribution >= 4 is 49.9 Å². The maximum atomic E-state index is 12.3. The maximum absolute atomic E-state index is 12.3. The van der Waals surface area contributed by atoms with Crippen molar-refractivity contribution in [2.45, 2.75) is 25.7 Å². The van der Waals surface area contributed by atoms with E-state index in [1.165, 1.54) is 16.9 Å². The number of benzene rings is 2. The summed E-state index contributed by atoms with van der Waals surface area (Å²) in [5, 5.41) is 6.39. The maximum Gasteiger partial charge on any atom is 0.227 e. The summed E-state index contributed by atoms with van der Waals surface area (Å²) in [7, 11) is 0. The highest BCUT2D eigenvalue weighted by molar-refractivity contribution is 9.10. The van der Waals surface area contributed by atoms with Crippen molar-refractivity contribution in [2.24, 2.45) is 5.92 Å². The zero-order valence-electron chi connectivity index (χ0n) is 15.7. The molecule has 0 aliphatic carbocycles. The predicted molar refractivity (Wildman–Crippen MR) is 119 cm³/mol. The molecule has 0 fully saturated rings. The van der Waals surface area contributed by atoms with E-state index in [-0.39, 0.29) is 17.7 Å². The van der Waals surface area contributed by atoms with E-state index < -0.39 is 0 Å². The van der Waals surface area contributed by atoms with E-state index in [9.17, 15) is 9.59 Å². The Balaban J connectivity index is 1.28. The molecule has 1 atom stereocenters. The minimum Gasteiger partial charge on any atom is -0.326 e. The van der Waals surface area contributed by atoms with E-state index in [0.29, 0.717) is 24.4 Å². The molecule has 5 nitrogen and oxygen atoms in total. The molecule has 2 N–H and O–H groups in total. The zero-order valence-corrected chi connectivity index (χ0v) is 18.1. The van der Waals surface area contributed by atoms with Gasteiger partial charge in [0.25, 0.3) is 0 Å². The summed E-state index contributed by atoms with van der Waals surface area (Å²) in [5.74, 6) is -0.302. The lowest BCUT2D eigenvalue weighted by Crippen LogP contribution is -2.30. The number of amides is 2. The number of thiazole rings is 1. The fourth-order valence-electron chi connectivity index (χ4n) is 3.38. The van der Waals surface area contributed by atoms with Crippen molar-refractivity contribution in [1.29, 1.82) is 0 Å². The van der Waals surface area contributed by atoms with Crippen molar-refractivity contribution in [3.8, 4) is 0 Å². The van der Waals surface area contributed by atoms with Crippen LogP contribution in [0.2, 0.25) is 0 Å². The number of para-hydroxylation sites is 1. The minimum atomic E-state index is -0.181. The second kappa shape index (κ2) is 8.88. The molecule has 2 aromatic carbocycles. The number of carbonyl (C=O) groups excluding carboxylic acids is 2. The van der Waals surface area contributed by atoms with Gasteiger partial charge >= 0.3 is 0 Å². The zero-order chi connectivity index (χ0) is 20.2. The molecule has 3 aromatic rings. The Morgan fingerprint density at radius 3 is 2.83 bits per heavy atom. The fraction of sp³-hybridized carbons (Fsp3) is 0.227. The van der Waals surface area contributed by atoms with Crippen LogP contribution < -0.4 is 10.6 Å². The first-order valence-corrected chi connectivity index (χ1v) is 11.1. The first-order chi connectivity index (χ1) is 14.1. The molecule has 0 saturated heterocycles. The van der Waals surface area contributed by atoms with Gasteiger partial charge in [-0.3, -0.25) is 9.59 Å². The molecule has 0 bridgehead atoms. The Morgan fingerprint density at radius 2 is 2.00 bits per heavy atom. The monoisotopic (exact) mass is 469 g/mol. The van der Waals surface area contributed by atoms with E-state index in [4.69, 9.17) is 0 Å². The number of halogens is 1. The standard InChI is InChI=1S/C22H20BrN3O2S/c23-17-8-5-14(6-9-17)11-18-13-24-22(29-18)26-20(27)10-7-16-12-15-3-1-2-4-19(15)25-21(16)28/h1-6,8-9,13,16H,7,10-12H2,(H,25,28)(H,24,26,27). The summed E-state index contributed by atoms with van der Waals surface area (Å²) in [6.07, 6.45) is 4.06. The normalized spacial score (nSPS) is 15.5. The summed E-state index contributed by atoms with van der Waals surface area (Å²) in [4.78, 5) is 30.0. The highest BCUT2D eigenvalue weighted by Gasteiger charge is 2.26. The van der Waals surface area contributed by atoms with Gasteiger partial charge in [0.05, 0.1) is 0 Å². The third kappa shape index (κ3) is 5.10. The quantitative estimate of drug-likeness (QED) is 0.531. The number of aromatic nitrogens is 1. The molecule has 0 spiro atoms. The molecule has 29 heavy (non-hydrogen) atoms. The molecular formula is C22H20BrN3O2S. The summed E-state index contributed by atoms with van der Waals surface area (Å²) < 4.78 is 1.05. The Bertz CT molecular complexity index is 1030. The molecule has 4 rings (SSSR count). The van der Waals surface area contributed by atoms with Crippen LogP contribution in [0.25, 0.3) is 0 Å². The van der Waals surface area contributed by atoms with Gasteiger partial charge in [0.2, 0.25) is 11.8 Å². The van der Waals surface area contributed by atoms with Crippen molar-refractivity contribution in [3.05, 3.63) is 75.2 Å². The Morgan fingerprint density at radius 1 is 1.21 bits per heavy atom. The highest BCUT2D eigenvalue weighted by Crippen LogP contribution is 2.28. The molecule has 1 aliphatic heterocycles. The van der Waals surface area contributed by atoms with Gasteiger partial charge in [-0.2, -0.15) is 0 Å². The number of carbonyl (C=O) groups is 2. The van der Waals surface area contributed by atoms with E-state index in [1.54, 1.807) is 6.20 Å². The SMILES string of the molecule is O=C(CCC1Cc2ccccc2NC1=O)Nc1ncc(Cc2ccc(Br)cc2)s1. The van der Waals surface area contributed by atoms with Crippen LogP contribution in [0.5, 0.6) is 0 Å². The van der Waals surface area contributed by atoms with E-state index in [0.717, 1.165) is 27.0 Å². The van der Waals surface area contributed by atoms with E-state index in [2.05, 4.69) is 43.7 Å². The van der Waals surface area contributed by atoms with Crippen molar-refractivity contribution < 1.29 is 9.59 Å². The van der Waals surface area contributed by atoms with Crippen LogP contribution in [-0.4, -0.2) is 16.8 Å². The van der Waals surface area contributed by atoms with Crippen LogP contribution in [0.1, 0.15) is 28.8 Å². The minimum absolute atomic E-state index is 0.0115. The fourth-order valence-corrected chi connectivity index (χ4v) is 4.51. The van der Waals surface area contributed by atoms with Crippen LogP contribution in [0, 0.1) is 5.92 Å². The number of hydrogen-bond donors (Lipinski definition) is 2. The van der Waals surface area contributed by atoms with Crippen LogP contribution in [-0.2, 0) is 22.4 Å². The van der Waals surface area contributed by atoms with Gasteiger partial charge in [-0.15, -0.1) is 11.3 Å². The number of fused-ring (bicyclic) bond motifs is 1. The molecule has 1 unspecified atom stereocenters. The molecule has 1 aliphatic rings. The Hall–Kier alpha value is -2.51. The van der Waals surface area contributed by atoms with Gasteiger partial charge in [0.1, 0.15) is 0 Å². The van der Waals surface area contributed by atoms with Gasteiger partial charge in [-0.25, -0.2) is 4.98 Å². The first kappa shape index (κ1) is 19.8.